The van der Waals surface area contributed by atoms with Crippen LogP contribution in [-0.4, -0.2) is 21.9 Å². The molecule has 178 valence electrons. The predicted octanol–water partition coefficient (Wildman–Crippen LogP) is 4.92. The SMILES string of the molecule is Cc1ccc([S@](=O)Cc2nc(-c3ccc(C(=O)NCc4ccc5c(c4)OCO5)cc3)oc2C)cc1. The van der Waals surface area contributed by atoms with Gasteiger partial charge in [0.1, 0.15) is 5.76 Å². The van der Waals surface area contributed by atoms with E-state index in [9.17, 15) is 9.00 Å². The smallest absolute Gasteiger partial charge is 0.251 e. The Kier molecular flexibility index (Phi) is 6.37. The topological polar surface area (TPSA) is 90.7 Å². The second-order valence-electron chi connectivity index (χ2n) is 8.27. The lowest BCUT2D eigenvalue weighted by molar-refractivity contribution is 0.0951. The first-order chi connectivity index (χ1) is 17.0. The van der Waals surface area contributed by atoms with Crippen molar-refractivity contribution in [2.45, 2.75) is 31.0 Å². The van der Waals surface area contributed by atoms with Crippen molar-refractivity contribution in [1.82, 2.24) is 10.3 Å². The Morgan fingerprint density at radius 2 is 1.71 bits per heavy atom. The number of aromatic nitrogens is 1. The van der Waals surface area contributed by atoms with Crippen LogP contribution in [0.5, 0.6) is 11.5 Å². The third kappa shape index (κ3) is 5.12. The van der Waals surface area contributed by atoms with E-state index in [0.29, 0.717) is 41.0 Å². The van der Waals surface area contributed by atoms with E-state index in [1.54, 1.807) is 24.3 Å². The van der Waals surface area contributed by atoms with Gasteiger partial charge in [-0.25, -0.2) is 4.98 Å². The van der Waals surface area contributed by atoms with Crippen LogP contribution < -0.4 is 14.8 Å². The van der Waals surface area contributed by atoms with Crippen molar-refractivity contribution in [3.63, 3.8) is 0 Å². The molecule has 3 aromatic carbocycles. The fourth-order valence-electron chi connectivity index (χ4n) is 3.68. The molecule has 5 rings (SSSR count). The summed E-state index contributed by atoms with van der Waals surface area (Å²) < 4.78 is 29.3. The number of amides is 1. The van der Waals surface area contributed by atoms with Gasteiger partial charge in [-0.2, -0.15) is 0 Å². The van der Waals surface area contributed by atoms with Crippen molar-refractivity contribution in [1.29, 1.82) is 0 Å². The van der Waals surface area contributed by atoms with Gasteiger partial charge >= 0.3 is 0 Å². The number of aryl methyl sites for hydroxylation is 2. The summed E-state index contributed by atoms with van der Waals surface area (Å²) in [5, 5.41) is 2.91. The summed E-state index contributed by atoms with van der Waals surface area (Å²) in [5.74, 6) is 2.55. The number of carbonyl (C=O) groups is 1. The first kappa shape index (κ1) is 22.9. The number of hydrogen-bond donors (Lipinski definition) is 1. The average Bonchev–Trinajstić information content (AvgIpc) is 3.49. The molecule has 35 heavy (non-hydrogen) atoms. The molecular weight excluding hydrogens is 464 g/mol. The molecule has 0 saturated carbocycles. The van der Waals surface area contributed by atoms with E-state index in [1.807, 2.05) is 56.3 Å². The number of rotatable bonds is 7. The highest BCUT2D eigenvalue weighted by atomic mass is 32.2. The van der Waals surface area contributed by atoms with Gasteiger partial charge < -0.3 is 19.2 Å². The molecule has 1 aliphatic heterocycles. The Labute approximate surface area is 205 Å². The highest BCUT2D eigenvalue weighted by Crippen LogP contribution is 2.32. The van der Waals surface area contributed by atoms with Crippen LogP contribution >= 0.6 is 0 Å². The maximum atomic E-state index is 12.7. The summed E-state index contributed by atoms with van der Waals surface area (Å²) in [6, 6.07) is 20.3. The van der Waals surface area contributed by atoms with Gasteiger partial charge in [0.2, 0.25) is 12.7 Å². The molecule has 1 amide bonds. The van der Waals surface area contributed by atoms with E-state index in [-0.39, 0.29) is 18.5 Å². The Balaban J connectivity index is 1.22. The molecule has 0 radical (unpaired) electrons. The molecule has 1 atom stereocenters. The zero-order chi connectivity index (χ0) is 24.4. The van der Waals surface area contributed by atoms with Crippen LogP contribution in [-0.2, 0) is 23.1 Å². The fraction of sp³-hybridized carbons (Fsp3) is 0.185. The summed E-state index contributed by atoms with van der Waals surface area (Å²) in [5.41, 5.74) is 3.97. The molecule has 1 N–H and O–H groups in total. The molecule has 1 aromatic heterocycles. The van der Waals surface area contributed by atoms with E-state index < -0.39 is 10.8 Å². The van der Waals surface area contributed by atoms with E-state index >= 15 is 0 Å². The van der Waals surface area contributed by atoms with E-state index in [4.69, 9.17) is 13.9 Å². The number of ether oxygens (including phenoxy) is 2. The molecule has 4 aromatic rings. The molecular formula is C27H24N2O5S. The van der Waals surface area contributed by atoms with Crippen LogP contribution in [0.25, 0.3) is 11.5 Å². The van der Waals surface area contributed by atoms with Crippen molar-refractivity contribution >= 4 is 16.7 Å². The zero-order valence-electron chi connectivity index (χ0n) is 19.4. The molecule has 7 nitrogen and oxygen atoms in total. The minimum Gasteiger partial charge on any atom is -0.454 e. The van der Waals surface area contributed by atoms with Crippen molar-refractivity contribution in [3.05, 3.63) is 94.9 Å². The van der Waals surface area contributed by atoms with Gasteiger partial charge in [-0.1, -0.05) is 23.8 Å². The molecule has 0 aliphatic carbocycles. The van der Waals surface area contributed by atoms with Crippen LogP contribution in [0, 0.1) is 13.8 Å². The van der Waals surface area contributed by atoms with Crippen molar-refractivity contribution in [3.8, 4) is 23.0 Å². The number of nitrogens with zero attached hydrogens (tertiary/aromatic N) is 1. The first-order valence-electron chi connectivity index (χ1n) is 11.1. The Bertz CT molecular complexity index is 1390. The van der Waals surface area contributed by atoms with Crippen molar-refractivity contribution in [2.24, 2.45) is 0 Å². The molecule has 2 heterocycles. The summed E-state index contributed by atoms with van der Waals surface area (Å²) >= 11 is 0. The number of carbonyl (C=O) groups excluding carboxylic acids is 1. The largest absolute Gasteiger partial charge is 0.454 e. The zero-order valence-corrected chi connectivity index (χ0v) is 20.2. The predicted molar refractivity (Wildman–Crippen MR) is 132 cm³/mol. The minimum atomic E-state index is -1.21. The maximum absolute atomic E-state index is 12.7. The highest BCUT2D eigenvalue weighted by molar-refractivity contribution is 7.84. The molecule has 0 fully saturated rings. The van der Waals surface area contributed by atoms with Gasteiger partial charge in [0, 0.05) is 22.6 Å². The molecule has 1 aliphatic rings. The molecule has 0 saturated heterocycles. The van der Waals surface area contributed by atoms with Gasteiger partial charge in [0.25, 0.3) is 5.91 Å². The van der Waals surface area contributed by atoms with Crippen LogP contribution in [0.3, 0.4) is 0 Å². The monoisotopic (exact) mass is 488 g/mol. The standard InChI is InChI=1S/C27H24N2O5S/c1-17-3-10-22(11-4-17)35(31)15-23-18(2)34-27(29-23)21-8-6-20(7-9-21)26(30)28-14-19-5-12-24-25(13-19)33-16-32-24/h3-13H,14-16H2,1-2H3,(H,28,30)/t35-/m1/s1. The number of nitrogens with one attached hydrogen (secondary N) is 1. The van der Waals surface area contributed by atoms with Crippen molar-refractivity contribution in [2.75, 3.05) is 6.79 Å². The van der Waals surface area contributed by atoms with Crippen LogP contribution in [0.1, 0.15) is 32.9 Å². The summed E-state index contributed by atoms with van der Waals surface area (Å²) in [7, 11) is -1.21. The van der Waals surface area contributed by atoms with Crippen LogP contribution in [0.15, 0.2) is 76.0 Å². The van der Waals surface area contributed by atoms with E-state index in [2.05, 4.69) is 10.3 Å². The number of hydrogen-bond acceptors (Lipinski definition) is 6. The quantitative estimate of drug-likeness (QED) is 0.397. The van der Waals surface area contributed by atoms with Gasteiger partial charge in [0.05, 0.1) is 22.2 Å². The third-order valence-corrected chi connectivity index (χ3v) is 7.06. The second-order valence-corrected chi connectivity index (χ2v) is 9.72. The normalized spacial score (nSPS) is 13.0. The van der Waals surface area contributed by atoms with Gasteiger partial charge in [0.15, 0.2) is 11.5 Å². The van der Waals surface area contributed by atoms with Gasteiger partial charge in [-0.05, 0) is 67.9 Å². The minimum absolute atomic E-state index is 0.188. The molecule has 0 unspecified atom stereocenters. The molecule has 8 heteroatoms. The highest BCUT2D eigenvalue weighted by Gasteiger charge is 2.16. The fourth-order valence-corrected chi connectivity index (χ4v) is 4.80. The average molecular weight is 489 g/mol. The second kappa shape index (κ2) is 9.76. The Morgan fingerprint density at radius 1 is 0.971 bits per heavy atom. The lowest BCUT2D eigenvalue weighted by atomic mass is 10.1. The maximum Gasteiger partial charge on any atom is 0.251 e. The summed E-state index contributed by atoms with van der Waals surface area (Å²) in [6.07, 6.45) is 0. The lowest BCUT2D eigenvalue weighted by Crippen LogP contribution is -2.22. The molecule has 0 spiro atoms. The number of oxazole rings is 1. The van der Waals surface area contributed by atoms with Gasteiger partial charge in [-0.15, -0.1) is 0 Å². The van der Waals surface area contributed by atoms with Crippen LogP contribution in [0.2, 0.25) is 0 Å². The Morgan fingerprint density at radius 3 is 2.49 bits per heavy atom. The number of fused-ring (bicyclic) bond motifs is 1. The van der Waals surface area contributed by atoms with Crippen LogP contribution in [0.4, 0.5) is 0 Å². The van der Waals surface area contributed by atoms with E-state index in [1.165, 1.54) is 0 Å². The molecule has 0 bridgehead atoms. The van der Waals surface area contributed by atoms with Gasteiger partial charge in [-0.3, -0.25) is 9.00 Å². The summed E-state index contributed by atoms with van der Waals surface area (Å²) in [4.78, 5) is 17.9. The third-order valence-electron chi connectivity index (χ3n) is 5.73. The number of benzene rings is 3. The summed E-state index contributed by atoms with van der Waals surface area (Å²) in [6.45, 7) is 4.40. The van der Waals surface area contributed by atoms with Crippen molar-refractivity contribution < 1.29 is 22.9 Å². The van der Waals surface area contributed by atoms with E-state index in [0.717, 1.165) is 21.6 Å². The lowest BCUT2D eigenvalue weighted by Gasteiger charge is -2.07. The first-order valence-corrected chi connectivity index (χ1v) is 12.5. The Hall–Kier alpha value is -3.91.